The third-order valence-electron chi connectivity index (χ3n) is 4.30. The van der Waals surface area contributed by atoms with Crippen molar-refractivity contribution < 1.29 is 19.5 Å². The van der Waals surface area contributed by atoms with Crippen LogP contribution in [-0.4, -0.2) is 50.5 Å². The normalized spacial score (nSPS) is 17.8. The van der Waals surface area contributed by atoms with Gasteiger partial charge in [0, 0.05) is 24.7 Å². The minimum atomic E-state index is -0.951. The summed E-state index contributed by atoms with van der Waals surface area (Å²) in [6.45, 7) is 2.07. The fourth-order valence-corrected chi connectivity index (χ4v) is 3.78. The zero-order valence-corrected chi connectivity index (χ0v) is 15.8. The average molecular weight is 388 g/mol. The van der Waals surface area contributed by atoms with E-state index in [0.717, 1.165) is 11.8 Å². The second kappa shape index (κ2) is 7.83. The van der Waals surface area contributed by atoms with Crippen LogP contribution in [-0.2, 0) is 16.6 Å². The Bertz CT molecular complexity index is 882. The van der Waals surface area contributed by atoms with E-state index in [9.17, 15) is 14.4 Å². The Morgan fingerprint density at radius 3 is 2.78 bits per heavy atom. The molecule has 0 spiro atoms. The van der Waals surface area contributed by atoms with Crippen LogP contribution >= 0.6 is 11.8 Å². The first-order valence-corrected chi connectivity index (χ1v) is 9.34. The van der Waals surface area contributed by atoms with Gasteiger partial charge in [0.2, 0.25) is 5.91 Å². The smallest absolute Gasteiger partial charge is 0.316 e. The van der Waals surface area contributed by atoms with Gasteiger partial charge >= 0.3 is 5.97 Å². The van der Waals surface area contributed by atoms with E-state index >= 15 is 0 Å². The maximum Gasteiger partial charge on any atom is 0.316 e. The molecule has 1 aliphatic rings. The number of rotatable bonds is 6. The monoisotopic (exact) mass is 388 g/mol. The lowest BCUT2D eigenvalue weighted by Gasteiger charge is -2.16. The molecule has 142 valence electrons. The second-order valence-corrected chi connectivity index (χ2v) is 7.65. The van der Waals surface area contributed by atoms with Gasteiger partial charge in [-0.05, 0) is 25.5 Å². The van der Waals surface area contributed by atoms with Crippen molar-refractivity contribution in [2.45, 2.75) is 29.5 Å². The highest BCUT2D eigenvalue weighted by molar-refractivity contribution is 8.00. The Morgan fingerprint density at radius 2 is 2.11 bits per heavy atom. The summed E-state index contributed by atoms with van der Waals surface area (Å²) in [7, 11) is 1.77. The lowest BCUT2D eigenvalue weighted by Crippen LogP contribution is -2.41. The first kappa shape index (κ1) is 19.0. The van der Waals surface area contributed by atoms with Crippen LogP contribution in [0, 0.1) is 0 Å². The maximum atomic E-state index is 12.7. The van der Waals surface area contributed by atoms with Crippen molar-refractivity contribution >= 4 is 35.2 Å². The zero-order chi connectivity index (χ0) is 19.6. The number of aliphatic carboxylic acids is 1. The van der Waals surface area contributed by atoms with Gasteiger partial charge in [-0.1, -0.05) is 12.1 Å². The van der Waals surface area contributed by atoms with Crippen LogP contribution in [0.2, 0.25) is 0 Å². The quantitative estimate of drug-likeness (QED) is 0.727. The van der Waals surface area contributed by atoms with Crippen molar-refractivity contribution in [2.75, 3.05) is 11.4 Å². The summed E-state index contributed by atoms with van der Waals surface area (Å²) in [6.07, 6.45) is 3.86. The molecule has 3 rings (SSSR count). The largest absolute Gasteiger partial charge is 0.480 e. The molecule has 2 heterocycles. The fourth-order valence-electron chi connectivity index (χ4n) is 2.85. The third kappa shape index (κ3) is 4.13. The molecular weight excluding hydrogens is 368 g/mol. The van der Waals surface area contributed by atoms with Crippen LogP contribution in [0.3, 0.4) is 0 Å². The molecule has 8 nitrogen and oxygen atoms in total. The third-order valence-corrected chi connectivity index (χ3v) is 5.46. The Kier molecular flexibility index (Phi) is 5.50. The first-order valence-electron chi connectivity index (χ1n) is 8.46. The van der Waals surface area contributed by atoms with Gasteiger partial charge in [0.25, 0.3) is 5.91 Å². The second-order valence-electron chi connectivity index (χ2n) is 6.27. The number of thioether (sulfide) groups is 1. The molecule has 0 bridgehead atoms. The zero-order valence-electron chi connectivity index (χ0n) is 15.0. The molecule has 1 aromatic heterocycles. The van der Waals surface area contributed by atoms with Crippen molar-refractivity contribution in [3.63, 3.8) is 0 Å². The van der Waals surface area contributed by atoms with E-state index in [2.05, 4.69) is 10.4 Å². The number of aromatic nitrogens is 2. The summed E-state index contributed by atoms with van der Waals surface area (Å²) in [5.74, 6) is -1.52. The van der Waals surface area contributed by atoms with Crippen LogP contribution in [0.5, 0.6) is 0 Å². The van der Waals surface area contributed by atoms with E-state index in [1.165, 1.54) is 0 Å². The minimum absolute atomic E-state index is 0.180. The number of hydrogen-bond donors (Lipinski definition) is 2. The van der Waals surface area contributed by atoms with E-state index in [0.29, 0.717) is 29.1 Å². The number of hydrogen-bond acceptors (Lipinski definition) is 5. The molecule has 0 saturated carbocycles. The van der Waals surface area contributed by atoms with Crippen molar-refractivity contribution in [2.24, 2.45) is 7.05 Å². The number of benzene rings is 1. The van der Waals surface area contributed by atoms with Gasteiger partial charge < -0.3 is 15.3 Å². The van der Waals surface area contributed by atoms with Crippen molar-refractivity contribution in [3.05, 3.63) is 42.2 Å². The van der Waals surface area contributed by atoms with E-state index in [-0.39, 0.29) is 11.8 Å². The Hall–Kier alpha value is -2.81. The van der Waals surface area contributed by atoms with Crippen LogP contribution < -0.4 is 10.2 Å². The number of carboxylic acids is 1. The molecule has 1 aliphatic heterocycles. The molecule has 2 aromatic rings. The summed E-state index contributed by atoms with van der Waals surface area (Å²) in [5, 5.41) is 15.3. The average Bonchev–Trinajstić information content (AvgIpc) is 3.21. The predicted molar refractivity (Wildman–Crippen MR) is 101 cm³/mol. The summed E-state index contributed by atoms with van der Waals surface area (Å²) < 4.78 is 1.62. The van der Waals surface area contributed by atoms with Crippen molar-refractivity contribution in [3.8, 4) is 0 Å². The number of nitrogens with one attached hydrogen (secondary N) is 1. The summed E-state index contributed by atoms with van der Waals surface area (Å²) >= 11 is 1.10. The number of amides is 2. The van der Waals surface area contributed by atoms with E-state index < -0.39 is 17.3 Å². The highest BCUT2D eigenvalue weighted by Gasteiger charge is 2.34. The van der Waals surface area contributed by atoms with Gasteiger partial charge in [0.1, 0.15) is 11.3 Å². The highest BCUT2D eigenvalue weighted by Crippen LogP contribution is 2.27. The van der Waals surface area contributed by atoms with Crippen molar-refractivity contribution in [1.29, 1.82) is 0 Å². The number of carbonyl (C=O) groups excluding carboxylic acids is 2. The molecule has 2 amide bonds. The Labute approximate surface area is 160 Å². The van der Waals surface area contributed by atoms with Gasteiger partial charge in [-0.3, -0.25) is 19.1 Å². The molecular formula is C18H20N4O4S. The van der Waals surface area contributed by atoms with E-state index in [1.54, 1.807) is 60.2 Å². The van der Waals surface area contributed by atoms with Gasteiger partial charge in [-0.2, -0.15) is 5.10 Å². The van der Waals surface area contributed by atoms with Crippen LogP contribution in [0.1, 0.15) is 23.7 Å². The molecule has 1 aromatic carbocycles. The molecule has 2 unspecified atom stereocenters. The number of carboxylic acid groups (broad SMARTS) is 1. The molecule has 1 saturated heterocycles. The number of anilines is 1. The van der Waals surface area contributed by atoms with Gasteiger partial charge in [0.15, 0.2) is 0 Å². The summed E-state index contributed by atoms with van der Waals surface area (Å²) in [5.41, 5.74) is 1.06. The van der Waals surface area contributed by atoms with Crippen molar-refractivity contribution in [1.82, 2.24) is 15.1 Å². The summed E-state index contributed by atoms with van der Waals surface area (Å²) in [4.78, 5) is 38.6. The number of carbonyl (C=O) groups is 3. The fraction of sp³-hybridized carbons (Fsp3) is 0.333. The van der Waals surface area contributed by atoms with Crippen LogP contribution in [0.25, 0.3) is 0 Å². The maximum absolute atomic E-state index is 12.7. The lowest BCUT2D eigenvalue weighted by atomic mass is 10.2. The molecule has 2 N–H and O–H groups in total. The molecule has 2 atom stereocenters. The number of nitrogens with zero attached hydrogens (tertiary/aromatic N) is 3. The van der Waals surface area contributed by atoms with Gasteiger partial charge in [0.05, 0.1) is 17.4 Å². The van der Waals surface area contributed by atoms with E-state index in [4.69, 9.17) is 5.11 Å². The molecule has 1 fully saturated rings. The Balaban J connectivity index is 1.71. The molecule has 0 aliphatic carbocycles. The molecule has 0 radical (unpaired) electrons. The highest BCUT2D eigenvalue weighted by atomic mass is 32.2. The Morgan fingerprint density at radius 1 is 1.37 bits per heavy atom. The molecule has 9 heteroatoms. The first-order chi connectivity index (χ1) is 12.9. The lowest BCUT2D eigenvalue weighted by molar-refractivity contribution is -0.136. The minimum Gasteiger partial charge on any atom is -0.480 e. The van der Waals surface area contributed by atoms with E-state index in [1.807, 2.05) is 0 Å². The topological polar surface area (TPSA) is 105 Å². The van der Waals surface area contributed by atoms with Gasteiger partial charge in [-0.25, -0.2) is 0 Å². The SMILES string of the molecule is CC(Sc1ccccc1C(=O)NC1CCN(c2cnn(C)c2)C1=O)C(=O)O. The number of aryl methyl sites for hydroxylation is 1. The van der Waals surface area contributed by atoms with Gasteiger partial charge in [-0.15, -0.1) is 11.8 Å². The molecule has 27 heavy (non-hydrogen) atoms. The summed E-state index contributed by atoms with van der Waals surface area (Å²) in [6, 6.07) is 6.18. The van der Waals surface area contributed by atoms with Crippen LogP contribution in [0.15, 0.2) is 41.6 Å². The van der Waals surface area contributed by atoms with Crippen LogP contribution in [0.4, 0.5) is 5.69 Å². The standard InChI is InChI=1S/C18H20N4O4S/c1-11(18(25)26)27-15-6-4-3-5-13(15)16(23)20-14-7-8-22(17(14)24)12-9-19-21(2)10-12/h3-6,9-11,14H,7-8H2,1-2H3,(H,20,23)(H,25,26). The predicted octanol–water partition coefficient (Wildman–Crippen LogP) is 1.52.